The first-order valence-electron chi connectivity index (χ1n) is 8.05. The van der Waals surface area contributed by atoms with Gasteiger partial charge in [-0.1, -0.05) is 12.1 Å². The summed E-state index contributed by atoms with van der Waals surface area (Å²) in [6, 6.07) is 12.2. The van der Waals surface area contributed by atoms with E-state index in [0.717, 1.165) is 5.56 Å². The molecule has 0 atom stereocenters. The smallest absolute Gasteiger partial charge is 0.180 e. The lowest BCUT2D eigenvalue weighted by molar-refractivity contribution is 0.267. The molecule has 0 saturated carbocycles. The van der Waals surface area contributed by atoms with Crippen LogP contribution in [-0.4, -0.2) is 31.3 Å². The van der Waals surface area contributed by atoms with E-state index in [1.54, 1.807) is 19.2 Å². The molecule has 1 aromatic heterocycles. The highest BCUT2D eigenvalue weighted by atomic mass is 19.1. The predicted octanol–water partition coefficient (Wildman–Crippen LogP) is 4.02. The minimum absolute atomic E-state index is 0.0554. The van der Waals surface area contributed by atoms with Gasteiger partial charge in [0.1, 0.15) is 23.6 Å². The first-order valence-corrected chi connectivity index (χ1v) is 8.05. The molecule has 0 bridgehead atoms. The molecule has 0 fully saturated rings. The zero-order chi connectivity index (χ0) is 19.2. The van der Waals surface area contributed by atoms with Gasteiger partial charge in [0.15, 0.2) is 11.6 Å². The van der Waals surface area contributed by atoms with E-state index in [-0.39, 0.29) is 5.75 Å². The molecule has 0 amide bonds. The number of rotatable bonds is 7. The van der Waals surface area contributed by atoms with E-state index in [4.69, 9.17) is 14.3 Å². The van der Waals surface area contributed by atoms with Crippen LogP contribution in [0.5, 0.6) is 11.5 Å². The Bertz CT molecular complexity index is 937. The lowest BCUT2D eigenvalue weighted by atomic mass is 10.1. The number of hydrogen-bond acceptors (Lipinski definition) is 7. The number of aromatic nitrogens is 2. The van der Waals surface area contributed by atoms with Crippen molar-refractivity contribution in [1.29, 1.82) is 0 Å². The van der Waals surface area contributed by atoms with Crippen LogP contribution in [0.25, 0.3) is 11.3 Å². The predicted molar refractivity (Wildman–Crippen MR) is 101 cm³/mol. The second-order valence-corrected chi connectivity index (χ2v) is 5.46. The van der Waals surface area contributed by atoms with Gasteiger partial charge in [-0.2, -0.15) is 0 Å². The SMILES string of the molecule is CONc1cc(Nc2cc(-c3ccccc3OC)ncn2)cc(F)c1OC. The second kappa shape index (κ2) is 8.33. The van der Waals surface area contributed by atoms with Crippen molar-refractivity contribution in [2.24, 2.45) is 0 Å². The van der Waals surface area contributed by atoms with Gasteiger partial charge < -0.3 is 14.8 Å². The van der Waals surface area contributed by atoms with E-state index < -0.39 is 5.82 Å². The van der Waals surface area contributed by atoms with E-state index in [2.05, 4.69) is 20.8 Å². The summed E-state index contributed by atoms with van der Waals surface area (Å²) in [5.74, 6) is 0.712. The number of nitrogens with zero attached hydrogens (tertiary/aromatic N) is 2. The van der Waals surface area contributed by atoms with Crippen LogP contribution in [0.4, 0.5) is 21.6 Å². The van der Waals surface area contributed by atoms with Crippen molar-refractivity contribution >= 4 is 17.2 Å². The molecule has 2 N–H and O–H groups in total. The Morgan fingerprint density at radius 3 is 2.52 bits per heavy atom. The van der Waals surface area contributed by atoms with Crippen LogP contribution in [0, 0.1) is 5.82 Å². The fourth-order valence-electron chi connectivity index (χ4n) is 2.64. The summed E-state index contributed by atoms with van der Waals surface area (Å²) in [5, 5.41) is 3.06. The summed E-state index contributed by atoms with van der Waals surface area (Å²) in [7, 11) is 4.42. The molecule has 8 heteroatoms. The summed E-state index contributed by atoms with van der Waals surface area (Å²) in [6.07, 6.45) is 1.43. The minimum Gasteiger partial charge on any atom is -0.496 e. The number of benzene rings is 2. The fourth-order valence-corrected chi connectivity index (χ4v) is 2.64. The molecule has 3 aromatic rings. The Labute approximate surface area is 156 Å². The Morgan fingerprint density at radius 2 is 1.78 bits per heavy atom. The van der Waals surface area contributed by atoms with Gasteiger partial charge >= 0.3 is 0 Å². The standard InChI is InChI=1S/C19H19FN4O3/c1-25-17-7-5-4-6-13(17)15-10-18(22-11-21-15)23-12-8-14(20)19(26-2)16(9-12)24-27-3/h4-11,24H,1-3H3,(H,21,22,23). The molecule has 0 spiro atoms. The van der Waals surface area contributed by atoms with E-state index >= 15 is 0 Å². The molecule has 7 nitrogen and oxygen atoms in total. The lowest BCUT2D eigenvalue weighted by Gasteiger charge is -2.14. The van der Waals surface area contributed by atoms with E-state index in [1.165, 1.54) is 26.6 Å². The number of methoxy groups -OCH3 is 2. The Kier molecular flexibility index (Phi) is 5.68. The summed E-state index contributed by atoms with van der Waals surface area (Å²) in [6.45, 7) is 0. The van der Waals surface area contributed by atoms with Crippen molar-refractivity contribution in [2.75, 3.05) is 32.1 Å². The molecule has 0 aliphatic heterocycles. The highest BCUT2D eigenvalue weighted by molar-refractivity contribution is 5.72. The average molecular weight is 370 g/mol. The molecule has 27 heavy (non-hydrogen) atoms. The first-order chi connectivity index (χ1) is 13.2. The molecule has 2 aromatic carbocycles. The van der Waals surface area contributed by atoms with E-state index in [0.29, 0.717) is 28.6 Å². The topological polar surface area (TPSA) is 77.5 Å². The largest absolute Gasteiger partial charge is 0.496 e. The van der Waals surface area contributed by atoms with E-state index in [1.807, 2.05) is 24.3 Å². The maximum Gasteiger partial charge on any atom is 0.180 e. The zero-order valence-corrected chi connectivity index (χ0v) is 15.1. The molecular formula is C19H19FN4O3. The Hall–Kier alpha value is -3.39. The first kappa shape index (κ1) is 18.4. The summed E-state index contributed by atoms with van der Waals surface area (Å²) in [5.41, 5.74) is 4.91. The van der Waals surface area contributed by atoms with Crippen LogP contribution in [0.3, 0.4) is 0 Å². The van der Waals surface area contributed by atoms with Crippen molar-refractivity contribution in [3.63, 3.8) is 0 Å². The molecule has 0 unspecified atom stereocenters. The maximum absolute atomic E-state index is 14.3. The zero-order valence-electron chi connectivity index (χ0n) is 15.1. The van der Waals surface area contributed by atoms with Crippen LogP contribution >= 0.6 is 0 Å². The van der Waals surface area contributed by atoms with Gasteiger partial charge in [0.05, 0.1) is 27.0 Å². The van der Waals surface area contributed by atoms with Gasteiger partial charge in [0.2, 0.25) is 0 Å². The summed E-state index contributed by atoms with van der Waals surface area (Å²) in [4.78, 5) is 13.4. The average Bonchev–Trinajstić information content (AvgIpc) is 2.68. The van der Waals surface area contributed by atoms with Crippen molar-refractivity contribution in [3.05, 3.63) is 54.6 Å². The monoisotopic (exact) mass is 370 g/mol. The Balaban J connectivity index is 1.93. The Morgan fingerprint density at radius 1 is 0.963 bits per heavy atom. The molecule has 0 saturated heterocycles. The van der Waals surface area contributed by atoms with Crippen LogP contribution < -0.4 is 20.3 Å². The van der Waals surface area contributed by atoms with Gasteiger partial charge in [-0.05, 0) is 18.2 Å². The number of anilines is 3. The van der Waals surface area contributed by atoms with Crippen LogP contribution in [0.2, 0.25) is 0 Å². The number of halogens is 1. The van der Waals surface area contributed by atoms with Crippen molar-refractivity contribution in [2.45, 2.75) is 0 Å². The van der Waals surface area contributed by atoms with Crippen molar-refractivity contribution in [1.82, 2.24) is 9.97 Å². The minimum atomic E-state index is -0.541. The number of para-hydroxylation sites is 1. The summed E-state index contributed by atoms with van der Waals surface area (Å²) < 4.78 is 24.7. The van der Waals surface area contributed by atoms with Gasteiger partial charge in [-0.15, -0.1) is 0 Å². The molecule has 0 radical (unpaired) electrons. The molecule has 1 heterocycles. The van der Waals surface area contributed by atoms with Gasteiger partial charge in [-0.25, -0.2) is 14.4 Å². The van der Waals surface area contributed by atoms with Crippen LogP contribution in [0.15, 0.2) is 48.8 Å². The van der Waals surface area contributed by atoms with Crippen molar-refractivity contribution in [3.8, 4) is 22.8 Å². The molecule has 0 aliphatic carbocycles. The van der Waals surface area contributed by atoms with Gasteiger partial charge in [-0.3, -0.25) is 10.3 Å². The van der Waals surface area contributed by atoms with Crippen LogP contribution in [0.1, 0.15) is 0 Å². The van der Waals surface area contributed by atoms with Crippen molar-refractivity contribution < 1.29 is 18.7 Å². The van der Waals surface area contributed by atoms with Gasteiger partial charge in [0, 0.05) is 23.4 Å². The third-order valence-corrected chi connectivity index (χ3v) is 3.78. The highest BCUT2D eigenvalue weighted by Crippen LogP contribution is 2.33. The molecular weight excluding hydrogens is 351 g/mol. The number of hydrogen-bond donors (Lipinski definition) is 2. The maximum atomic E-state index is 14.3. The normalized spacial score (nSPS) is 10.4. The van der Waals surface area contributed by atoms with Crippen LogP contribution in [-0.2, 0) is 4.84 Å². The quantitative estimate of drug-likeness (QED) is 0.608. The van der Waals surface area contributed by atoms with Gasteiger partial charge in [0.25, 0.3) is 0 Å². The summed E-state index contributed by atoms with van der Waals surface area (Å²) >= 11 is 0. The third kappa shape index (κ3) is 4.06. The van der Waals surface area contributed by atoms with E-state index in [9.17, 15) is 4.39 Å². The molecule has 140 valence electrons. The lowest BCUT2D eigenvalue weighted by Crippen LogP contribution is -2.03. The number of ether oxygens (including phenoxy) is 2. The number of nitrogens with one attached hydrogen (secondary N) is 2. The fraction of sp³-hybridized carbons (Fsp3) is 0.158. The highest BCUT2D eigenvalue weighted by Gasteiger charge is 2.13. The molecule has 0 aliphatic rings. The molecule has 3 rings (SSSR count). The second-order valence-electron chi connectivity index (χ2n) is 5.46. The third-order valence-electron chi connectivity index (χ3n) is 3.78.